The summed E-state index contributed by atoms with van der Waals surface area (Å²) in [6, 6.07) is 1.12. The Hall–Kier alpha value is -2.19. The van der Waals surface area contributed by atoms with Crippen molar-refractivity contribution in [2.45, 2.75) is 38.5 Å². The van der Waals surface area contributed by atoms with E-state index in [2.05, 4.69) is 10.1 Å². The predicted molar refractivity (Wildman–Crippen MR) is 67.7 cm³/mol. The van der Waals surface area contributed by atoms with Gasteiger partial charge in [0, 0.05) is 24.7 Å². The SMILES string of the molecule is O=c1n(Cc2ccnc(C(F)(F)F)c2F)nc2n1CCCC2. The van der Waals surface area contributed by atoms with E-state index in [1.807, 2.05) is 0 Å². The molecule has 1 aliphatic rings. The first-order chi connectivity index (χ1) is 10.4. The molecule has 0 spiro atoms. The van der Waals surface area contributed by atoms with E-state index in [4.69, 9.17) is 0 Å². The number of aryl methyl sites for hydroxylation is 1. The maximum Gasteiger partial charge on any atom is 0.436 e. The number of hydrogen-bond acceptors (Lipinski definition) is 3. The Morgan fingerprint density at radius 2 is 2.05 bits per heavy atom. The number of alkyl halides is 3. The van der Waals surface area contributed by atoms with Gasteiger partial charge in [-0.1, -0.05) is 0 Å². The van der Waals surface area contributed by atoms with Gasteiger partial charge in [-0.2, -0.15) is 18.3 Å². The lowest BCUT2D eigenvalue weighted by atomic mass is 10.2. The van der Waals surface area contributed by atoms with Crippen LogP contribution in [0.2, 0.25) is 0 Å². The van der Waals surface area contributed by atoms with Crippen LogP contribution in [0.4, 0.5) is 17.6 Å². The summed E-state index contributed by atoms with van der Waals surface area (Å²) in [5.41, 5.74) is -2.28. The van der Waals surface area contributed by atoms with Gasteiger partial charge in [0.1, 0.15) is 5.82 Å². The molecule has 3 heterocycles. The van der Waals surface area contributed by atoms with Crippen LogP contribution in [0.3, 0.4) is 0 Å². The van der Waals surface area contributed by atoms with Crippen LogP contribution in [0, 0.1) is 5.82 Å². The molecular formula is C13H12F4N4O. The molecule has 0 fully saturated rings. The zero-order valence-electron chi connectivity index (χ0n) is 11.4. The zero-order chi connectivity index (χ0) is 15.9. The lowest BCUT2D eigenvalue weighted by Crippen LogP contribution is -2.27. The maximum atomic E-state index is 13.9. The molecule has 0 saturated heterocycles. The number of halogens is 4. The summed E-state index contributed by atoms with van der Waals surface area (Å²) in [5.74, 6) is -0.880. The van der Waals surface area contributed by atoms with E-state index in [1.165, 1.54) is 4.57 Å². The van der Waals surface area contributed by atoms with Crippen molar-refractivity contribution in [3.8, 4) is 0 Å². The molecule has 0 N–H and O–H groups in total. The number of hydrogen-bond donors (Lipinski definition) is 0. The molecule has 0 saturated carbocycles. The quantitative estimate of drug-likeness (QED) is 0.796. The van der Waals surface area contributed by atoms with Crippen molar-refractivity contribution in [2.24, 2.45) is 0 Å². The molecule has 2 aromatic heterocycles. The van der Waals surface area contributed by atoms with E-state index in [9.17, 15) is 22.4 Å². The van der Waals surface area contributed by atoms with Crippen molar-refractivity contribution < 1.29 is 17.6 Å². The first kappa shape index (κ1) is 14.7. The van der Waals surface area contributed by atoms with Crippen LogP contribution >= 0.6 is 0 Å². The molecule has 118 valence electrons. The molecule has 5 nitrogen and oxygen atoms in total. The lowest BCUT2D eigenvalue weighted by molar-refractivity contribution is -0.143. The Bertz CT molecular complexity index is 762. The van der Waals surface area contributed by atoms with Crippen LogP contribution in [0.5, 0.6) is 0 Å². The minimum absolute atomic E-state index is 0.264. The van der Waals surface area contributed by atoms with E-state index >= 15 is 0 Å². The molecule has 0 bridgehead atoms. The van der Waals surface area contributed by atoms with Gasteiger partial charge < -0.3 is 0 Å². The third kappa shape index (κ3) is 2.51. The van der Waals surface area contributed by atoms with Gasteiger partial charge in [0.25, 0.3) is 0 Å². The fraction of sp³-hybridized carbons (Fsp3) is 0.462. The van der Waals surface area contributed by atoms with E-state index in [0.29, 0.717) is 18.8 Å². The second-order valence-corrected chi connectivity index (χ2v) is 5.10. The Labute approximate surface area is 122 Å². The predicted octanol–water partition coefficient (Wildman–Crippen LogP) is 1.98. The number of fused-ring (bicyclic) bond motifs is 1. The van der Waals surface area contributed by atoms with Gasteiger partial charge >= 0.3 is 11.9 Å². The number of nitrogens with zero attached hydrogens (tertiary/aromatic N) is 4. The molecule has 0 aromatic carbocycles. The zero-order valence-corrected chi connectivity index (χ0v) is 11.4. The third-order valence-corrected chi connectivity index (χ3v) is 3.59. The van der Waals surface area contributed by atoms with Gasteiger partial charge in [-0.15, -0.1) is 0 Å². The molecule has 0 unspecified atom stereocenters. The Morgan fingerprint density at radius 3 is 2.73 bits per heavy atom. The van der Waals surface area contributed by atoms with Crippen LogP contribution in [-0.2, 0) is 25.7 Å². The second kappa shape index (κ2) is 5.22. The van der Waals surface area contributed by atoms with E-state index in [0.717, 1.165) is 29.8 Å². The highest BCUT2D eigenvalue weighted by Crippen LogP contribution is 2.30. The average Bonchev–Trinajstić information content (AvgIpc) is 2.77. The van der Waals surface area contributed by atoms with Crippen LogP contribution in [0.15, 0.2) is 17.1 Å². The largest absolute Gasteiger partial charge is 0.436 e. The molecule has 2 aromatic rings. The molecule has 0 amide bonds. The Morgan fingerprint density at radius 1 is 1.27 bits per heavy atom. The van der Waals surface area contributed by atoms with Crippen molar-refractivity contribution >= 4 is 0 Å². The van der Waals surface area contributed by atoms with Gasteiger partial charge in [0.15, 0.2) is 11.5 Å². The standard InChI is InChI=1S/C13H12F4N4O/c14-10-8(4-5-18-11(10)13(15,16)17)7-21-12(22)20-6-2-1-3-9(20)19-21/h4-5H,1-3,6-7H2. The van der Waals surface area contributed by atoms with Gasteiger partial charge in [-0.25, -0.2) is 18.9 Å². The van der Waals surface area contributed by atoms with Gasteiger partial charge in [-0.05, 0) is 18.9 Å². The fourth-order valence-corrected chi connectivity index (χ4v) is 2.52. The summed E-state index contributed by atoms with van der Waals surface area (Å²) in [6.45, 7) is 0.178. The lowest BCUT2D eigenvalue weighted by Gasteiger charge is -2.09. The van der Waals surface area contributed by atoms with E-state index < -0.39 is 23.4 Å². The van der Waals surface area contributed by atoms with Crippen LogP contribution in [0.25, 0.3) is 0 Å². The minimum atomic E-state index is -4.88. The van der Waals surface area contributed by atoms with Crippen molar-refractivity contribution in [1.29, 1.82) is 0 Å². The van der Waals surface area contributed by atoms with Gasteiger partial charge in [0.2, 0.25) is 0 Å². The average molecular weight is 316 g/mol. The number of aromatic nitrogens is 4. The fourth-order valence-electron chi connectivity index (χ4n) is 2.52. The summed E-state index contributed by atoms with van der Waals surface area (Å²) in [7, 11) is 0. The topological polar surface area (TPSA) is 52.7 Å². The van der Waals surface area contributed by atoms with Crippen LogP contribution in [0.1, 0.15) is 29.9 Å². The monoisotopic (exact) mass is 316 g/mol. The number of pyridine rings is 1. The summed E-state index contributed by atoms with van der Waals surface area (Å²) in [4.78, 5) is 15.1. The van der Waals surface area contributed by atoms with Crippen LogP contribution < -0.4 is 5.69 Å². The highest BCUT2D eigenvalue weighted by molar-refractivity contribution is 5.21. The highest BCUT2D eigenvalue weighted by Gasteiger charge is 2.37. The van der Waals surface area contributed by atoms with Crippen molar-refractivity contribution in [2.75, 3.05) is 0 Å². The molecule has 22 heavy (non-hydrogen) atoms. The molecular weight excluding hydrogens is 304 g/mol. The maximum absolute atomic E-state index is 13.9. The Balaban J connectivity index is 1.98. The summed E-state index contributed by atoms with van der Waals surface area (Å²) >= 11 is 0. The first-order valence-corrected chi connectivity index (χ1v) is 6.75. The summed E-state index contributed by atoms with van der Waals surface area (Å²) in [6.07, 6.45) is -1.62. The van der Waals surface area contributed by atoms with E-state index in [1.54, 1.807) is 0 Å². The number of rotatable bonds is 2. The molecule has 1 aliphatic heterocycles. The third-order valence-electron chi connectivity index (χ3n) is 3.59. The van der Waals surface area contributed by atoms with Crippen molar-refractivity contribution in [3.05, 3.63) is 45.6 Å². The second-order valence-electron chi connectivity index (χ2n) is 5.10. The normalized spacial score (nSPS) is 14.9. The van der Waals surface area contributed by atoms with Gasteiger partial charge in [0.05, 0.1) is 6.54 Å². The molecule has 0 radical (unpaired) electrons. The summed E-state index contributed by atoms with van der Waals surface area (Å²) in [5, 5.41) is 4.08. The highest BCUT2D eigenvalue weighted by atomic mass is 19.4. The minimum Gasteiger partial charge on any atom is -0.279 e. The Kier molecular flexibility index (Phi) is 3.50. The molecule has 0 atom stereocenters. The van der Waals surface area contributed by atoms with Crippen molar-refractivity contribution in [1.82, 2.24) is 19.3 Å². The first-order valence-electron chi connectivity index (χ1n) is 6.75. The van der Waals surface area contributed by atoms with E-state index in [-0.39, 0.29) is 12.1 Å². The summed E-state index contributed by atoms with van der Waals surface area (Å²) < 4.78 is 54.3. The van der Waals surface area contributed by atoms with Crippen LogP contribution in [-0.4, -0.2) is 19.3 Å². The molecule has 3 rings (SSSR count). The molecule has 0 aliphatic carbocycles. The van der Waals surface area contributed by atoms with Gasteiger partial charge in [-0.3, -0.25) is 4.57 Å². The smallest absolute Gasteiger partial charge is 0.279 e. The van der Waals surface area contributed by atoms with Crippen molar-refractivity contribution in [3.63, 3.8) is 0 Å². The molecule has 9 heteroatoms.